The molecule has 2 aliphatic rings. The van der Waals surface area contributed by atoms with Gasteiger partial charge in [-0.15, -0.1) is 0 Å². The molecule has 0 heterocycles. The molecule has 0 bridgehead atoms. The Hall–Kier alpha value is -2.22. The molecule has 1 spiro atoms. The van der Waals surface area contributed by atoms with Gasteiger partial charge in [0.25, 0.3) is 0 Å². The van der Waals surface area contributed by atoms with Crippen LogP contribution in [0.1, 0.15) is 43.0 Å². The van der Waals surface area contributed by atoms with E-state index in [-0.39, 0.29) is 11.6 Å². The molecular formula is C19H16O2. The summed E-state index contributed by atoms with van der Waals surface area (Å²) in [6.07, 6.45) is 1.10. The van der Waals surface area contributed by atoms with Crippen LogP contribution >= 0.6 is 0 Å². The number of Topliss-reactive ketones (excluding diaryl/α,β-unsaturated/α-hetero) is 2. The summed E-state index contributed by atoms with van der Waals surface area (Å²) in [4.78, 5) is 25.8. The Morgan fingerprint density at radius 3 is 1.62 bits per heavy atom. The standard InChI is InChI=1S/C19H16O2/c1-11-3-5-15-13(7-11)9-19(17(15)20)10-14-8-12(2)4-6-16(14)18(19)21/h3-8H,9-10H2,1-2H3. The minimum absolute atomic E-state index is 0.0105. The van der Waals surface area contributed by atoms with E-state index in [9.17, 15) is 9.59 Å². The lowest BCUT2D eigenvalue weighted by Gasteiger charge is -2.18. The molecule has 0 amide bonds. The van der Waals surface area contributed by atoms with Gasteiger partial charge in [0.15, 0.2) is 11.6 Å². The van der Waals surface area contributed by atoms with Crippen LogP contribution in [0.2, 0.25) is 0 Å². The first-order chi connectivity index (χ1) is 10.0. The van der Waals surface area contributed by atoms with Crippen LogP contribution in [0.25, 0.3) is 0 Å². The molecule has 0 unspecified atom stereocenters. The maximum atomic E-state index is 12.9. The van der Waals surface area contributed by atoms with Crippen molar-refractivity contribution in [2.75, 3.05) is 0 Å². The van der Waals surface area contributed by atoms with E-state index in [1.54, 1.807) is 0 Å². The second-order valence-corrected chi connectivity index (χ2v) is 6.42. The molecular weight excluding hydrogens is 260 g/mol. The van der Waals surface area contributed by atoms with Gasteiger partial charge in [0.05, 0.1) is 0 Å². The van der Waals surface area contributed by atoms with Crippen LogP contribution in [0, 0.1) is 19.3 Å². The van der Waals surface area contributed by atoms with E-state index in [0.717, 1.165) is 33.4 Å². The average Bonchev–Trinajstić information content (AvgIpc) is 2.86. The lowest BCUT2D eigenvalue weighted by molar-refractivity contribution is 0.0705. The normalized spacial score (nSPS) is 18.2. The molecule has 0 atom stereocenters. The van der Waals surface area contributed by atoms with Crippen LogP contribution in [-0.4, -0.2) is 11.6 Å². The Morgan fingerprint density at radius 2 is 1.19 bits per heavy atom. The van der Waals surface area contributed by atoms with Crippen molar-refractivity contribution < 1.29 is 9.59 Å². The molecule has 0 saturated carbocycles. The Bertz CT molecular complexity index is 745. The van der Waals surface area contributed by atoms with E-state index in [1.165, 1.54) is 0 Å². The van der Waals surface area contributed by atoms with Gasteiger partial charge < -0.3 is 0 Å². The SMILES string of the molecule is Cc1ccc2c(c1)CC1(Cc3cc(C)ccc3C1=O)C2=O. The first-order valence-electron chi connectivity index (χ1n) is 7.30. The summed E-state index contributed by atoms with van der Waals surface area (Å²) in [5, 5.41) is 0. The smallest absolute Gasteiger partial charge is 0.177 e. The van der Waals surface area contributed by atoms with Crippen LogP contribution in [-0.2, 0) is 12.8 Å². The summed E-state index contributed by atoms with van der Waals surface area (Å²) in [7, 11) is 0. The third-order valence-electron chi connectivity index (χ3n) is 4.86. The van der Waals surface area contributed by atoms with Crippen molar-refractivity contribution in [3.8, 4) is 0 Å². The van der Waals surface area contributed by atoms with Gasteiger partial charge in [0.1, 0.15) is 5.41 Å². The highest BCUT2D eigenvalue weighted by atomic mass is 16.2. The van der Waals surface area contributed by atoms with Crippen molar-refractivity contribution in [2.45, 2.75) is 26.7 Å². The Morgan fingerprint density at radius 1 is 0.762 bits per heavy atom. The molecule has 0 fully saturated rings. The molecule has 104 valence electrons. The van der Waals surface area contributed by atoms with Gasteiger partial charge in [-0.25, -0.2) is 0 Å². The molecule has 0 saturated heterocycles. The summed E-state index contributed by atoms with van der Waals surface area (Å²) in [5.41, 5.74) is 4.93. The number of rotatable bonds is 0. The zero-order valence-electron chi connectivity index (χ0n) is 12.2. The first kappa shape index (κ1) is 12.5. The molecule has 2 aromatic carbocycles. The molecule has 0 aromatic heterocycles. The van der Waals surface area contributed by atoms with E-state index in [0.29, 0.717) is 12.8 Å². The minimum Gasteiger partial charge on any atom is -0.293 e. The van der Waals surface area contributed by atoms with Gasteiger partial charge in [-0.1, -0.05) is 47.5 Å². The van der Waals surface area contributed by atoms with Crippen molar-refractivity contribution in [1.29, 1.82) is 0 Å². The Balaban J connectivity index is 1.86. The predicted molar refractivity (Wildman–Crippen MR) is 80.9 cm³/mol. The van der Waals surface area contributed by atoms with Crippen molar-refractivity contribution in [2.24, 2.45) is 5.41 Å². The van der Waals surface area contributed by atoms with Crippen molar-refractivity contribution in [3.05, 3.63) is 69.8 Å². The second-order valence-electron chi connectivity index (χ2n) is 6.42. The van der Waals surface area contributed by atoms with Crippen LogP contribution in [0.3, 0.4) is 0 Å². The van der Waals surface area contributed by atoms with Gasteiger partial charge in [-0.3, -0.25) is 9.59 Å². The largest absolute Gasteiger partial charge is 0.293 e. The number of aryl methyl sites for hydroxylation is 2. The van der Waals surface area contributed by atoms with Crippen LogP contribution < -0.4 is 0 Å². The zero-order valence-corrected chi connectivity index (χ0v) is 12.2. The zero-order chi connectivity index (χ0) is 14.8. The third-order valence-corrected chi connectivity index (χ3v) is 4.86. The molecule has 2 heteroatoms. The van der Waals surface area contributed by atoms with Gasteiger partial charge in [-0.05, 0) is 37.8 Å². The summed E-state index contributed by atoms with van der Waals surface area (Å²) < 4.78 is 0. The second kappa shape index (κ2) is 3.91. The van der Waals surface area contributed by atoms with E-state index in [1.807, 2.05) is 50.2 Å². The number of benzene rings is 2. The maximum Gasteiger partial charge on any atom is 0.177 e. The highest BCUT2D eigenvalue weighted by Crippen LogP contribution is 2.47. The van der Waals surface area contributed by atoms with Crippen molar-refractivity contribution in [1.82, 2.24) is 0 Å². The number of carbonyl (C=O) groups is 2. The van der Waals surface area contributed by atoms with E-state index < -0.39 is 5.41 Å². The lowest BCUT2D eigenvalue weighted by Crippen LogP contribution is -2.34. The van der Waals surface area contributed by atoms with E-state index in [4.69, 9.17) is 0 Å². The number of ketones is 2. The summed E-state index contributed by atoms with van der Waals surface area (Å²) in [6, 6.07) is 11.7. The minimum atomic E-state index is -0.869. The van der Waals surface area contributed by atoms with Gasteiger partial charge in [0.2, 0.25) is 0 Å². The van der Waals surface area contributed by atoms with Crippen molar-refractivity contribution in [3.63, 3.8) is 0 Å². The Labute approximate surface area is 123 Å². The van der Waals surface area contributed by atoms with Crippen molar-refractivity contribution >= 4 is 11.6 Å². The molecule has 21 heavy (non-hydrogen) atoms. The van der Waals surface area contributed by atoms with Crippen LogP contribution in [0.15, 0.2) is 36.4 Å². The first-order valence-corrected chi connectivity index (χ1v) is 7.30. The summed E-state index contributed by atoms with van der Waals surface area (Å²) >= 11 is 0. The molecule has 0 aliphatic heterocycles. The third kappa shape index (κ3) is 1.53. The molecule has 2 nitrogen and oxygen atoms in total. The number of carbonyl (C=O) groups excluding carboxylic acids is 2. The molecule has 0 radical (unpaired) electrons. The topological polar surface area (TPSA) is 34.1 Å². The molecule has 2 aliphatic carbocycles. The Kier molecular flexibility index (Phi) is 2.33. The summed E-state index contributed by atoms with van der Waals surface area (Å²) in [6.45, 7) is 4.04. The van der Waals surface area contributed by atoms with Gasteiger partial charge in [0, 0.05) is 11.1 Å². The fourth-order valence-corrected chi connectivity index (χ4v) is 3.83. The molecule has 2 aromatic rings. The van der Waals surface area contributed by atoms with E-state index in [2.05, 4.69) is 0 Å². The van der Waals surface area contributed by atoms with Crippen LogP contribution in [0.4, 0.5) is 0 Å². The van der Waals surface area contributed by atoms with Gasteiger partial charge in [-0.2, -0.15) is 0 Å². The summed E-state index contributed by atoms with van der Waals surface area (Å²) in [5.74, 6) is 0.0210. The van der Waals surface area contributed by atoms with E-state index >= 15 is 0 Å². The lowest BCUT2D eigenvalue weighted by atomic mass is 9.80. The number of fused-ring (bicyclic) bond motifs is 2. The monoisotopic (exact) mass is 276 g/mol. The molecule has 4 rings (SSSR count). The number of hydrogen-bond acceptors (Lipinski definition) is 2. The average molecular weight is 276 g/mol. The highest BCUT2D eigenvalue weighted by molar-refractivity contribution is 6.24. The molecule has 0 N–H and O–H groups in total. The number of hydrogen-bond donors (Lipinski definition) is 0. The highest BCUT2D eigenvalue weighted by Gasteiger charge is 2.55. The fourth-order valence-electron chi connectivity index (χ4n) is 3.83. The van der Waals surface area contributed by atoms with Gasteiger partial charge >= 0.3 is 0 Å². The maximum absolute atomic E-state index is 12.9. The quantitative estimate of drug-likeness (QED) is 0.690. The fraction of sp³-hybridized carbons (Fsp3) is 0.263. The van der Waals surface area contributed by atoms with Crippen LogP contribution in [0.5, 0.6) is 0 Å². The predicted octanol–water partition coefficient (Wildman–Crippen LogP) is 3.47.